The standard InChI is InChI=1S/C34H29N3.C2H6/c1-25-12-16-32(17-13-25)34(36-24-26-14-18-29(19-15-26)27-8-4-2-5-9-27)37-33(35)31-22-20-30(21-23-31)28-10-6-3-7-11-28;1-2/h2-23H,24H2,1H3,(H2,35,36,37);1-2H3. The van der Waals surface area contributed by atoms with E-state index in [9.17, 15) is 0 Å². The first-order valence-electron chi connectivity index (χ1n) is 13.4. The van der Waals surface area contributed by atoms with Gasteiger partial charge >= 0.3 is 0 Å². The van der Waals surface area contributed by atoms with Gasteiger partial charge in [0.2, 0.25) is 0 Å². The zero-order chi connectivity index (χ0) is 27.5. The van der Waals surface area contributed by atoms with Crippen LogP contribution in [0.25, 0.3) is 22.3 Å². The first-order valence-corrected chi connectivity index (χ1v) is 13.4. The van der Waals surface area contributed by atoms with Crippen molar-refractivity contribution in [3.8, 4) is 22.3 Å². The summed E-state index contributed by atoms with van der Waals surface area (Å²) in [7, 11) is 0. The highest BCUT2D eigenvalue weighted by Gasteiger charge is 2.07. The number of nitrogens with zero attached hydrogens (tertiary/aromatic N) is 2. The van der Waals surface area contributed by atoms with Crippen LogP contribution >= 0.6 is 0 Å². The Hall–Kier alpha value is -4.76. The van der Waals surface area contributed by atoms with Crippen molar-refractivity contribution in [2.45, 2.75) is 27.3 Å². The van der Waals surface area contributed by atoms with E-state index >= 15 is 0 Å². The molecule has 2 N–H and O–H groups in total. The average molecular weight is 510 g/mol. The molecule has 5 aromatic carbocycles. The van der Waals surface area contributed by atoms with Crippen LogP contribution in [0, 0.1) is 6.92 Å². The highest BCUT2D eigenvalue weighted by atomic mass is 15.0. The molecule has 0 radical (unpaired) electrons. The maximum absolute atomic E-state index is 6.47. The van der Waals surface area contributed by atoms with E-state index < -0.39 is 0 Å². The van der Waals surface area contributed by atoms with Crippen LogP contribution < -0.4 is 5.73 Å². The second kappa shape index (κ2) is 13.7. The number of aryl methyl sites for hydroxylation is 1. The van der Waals surface area contributed by atoms with Crippen molar-refractivity contribution >= 4 is 11.7 Å². The van der Waals surface area contributed by atoms with Gasteiger partial charge < -0.3 is 5.73 Å². The van der Waals surface area contributed by atoms with E-state index in [1.807, 2.05) is 62.4 Å². The Morgan fingerprint density at radius 3 is 1.49 bits per heavy atom. The Labute approximate surface area is 232 Å². The smallest absolute Gasteiger partial charge is 0.157 e. The molecule has 3 nitrogen and oxygen atoms in total. The number of nitrogens with two attached hydrogens (primary N) is 1. The molecule has 5 aromatic rings. The Morgan fingerprint density at radius 1 is 0.538 bits per heavy atom. The first-order chi connectivity index (χ1) is 19.2. The summed E-state index contributed by atoms with van der Waals surface area (Å²) in [5.41, 5.74) is 15.3. The van der Waals surface area contributed by atoms with Gasteiger partial charge in [-0.2, -0.15) is 0 Å². The van der Waals surface area contributed by atoms with Gasteiger partial charge in [-0.05, 0) is 34.7 Å². The second-order valence-corrected chi connectivity index (χ2v) is 9.01. The Morgan fingerprint density at radius 2 is 0.974 bits per heavy atom. The zero-order valence-electron chi connectivity index (χ0n) is 22.9. The molecule has 39 heavy (non-hydrogen) atoms. The van der Waals surface area contributed by atoms with Gasteiger partial charge in [-0.1, -0.05) is 153 Å². The van der Waals surface area contributed by atoms with E-state index in [1.165, 1.54) is 22.3 Å². The van der Waals surface area contributed by atoms with Gasteiger partial charge in [0.1, 0.15) is 5.84 Å². The largest absolute Gasteiger partial charge is 0.383 e. The highest BCUT2D eigenvalue weighted by Crippen LogP contribution is 2.21. The molecule has 0 aliphatic rings. The van der Waals surface area contributed by atoms with Gasteiger partial charge in [-0.15, -0.1) is 0 Å². The number of hydrogen-bond acceptors (Lipinski definition) is 1. The Balaban J connectivity index is 0.00000172. The fourth-order valence-electron chi connectivity index (χ4n) is 4.14. The molecule has 3 heteroatoms. The van der Waals surface area contributed by atoms with Gasteiger partial charge in [-0.25, -0.2) is 4.99 Å². The van der Waals surface area contributed by atoms with Gasteiger partial charge in [-0.3, -0.25) is 4.99 Å². The molecule has 0 aliphatic carbocycles. The van der Waals surface area contributed by atoms with Crippen molar-refractivity contribution in [3.63, 3.8) is 0 Å². The van der Waals surface area contributed by atoms with Crippen LogP contribution in [-0.4, -0.2) is 11.7 Å². The van der Waals surface area contributed by atoms with Crippen LogP contribution in [0.5, 0.6) is 0 Å². The van der Waals surface area contributed by atoms with Gasteiger partial charge in [0.05, 0.1) is 6.54 Å². The molecule has 0 heterocycles. The van der Waals surface area contributed by atoms with Crippen molar-refractivity contribution in [2.24, 2.45) is 15.7 Å². The molecule has 0 saturated heterocycles. The Bertz CT molecular complexity index is 1500. The fourth-order valence-corrected chi connectivity index (χ4v) is 4.14. The fraction of sp³-hybridized carbons (Fsp3) is 0.111. The highest BCUT2D eigenvalue weighted by molar-refractivity contribution is 6.11. The van der Waals surface area contributed by atoms with E-state index in [4.69, 9.17) is 15.7 Å². The zero-order valence-corrected chi connectivity index (χ0v) is 22.9. The maximum atomic E-state index is 6.47. The van der Waals surface area contributed by atoms with Crippen molar-refractivity contribution in [1.82, 2.24) is 0 Å². The molecule has 0 bridgehead atoms. The lowest BCUT2D eigenvalue weighted by molar-refractivity contribution is 1.06. The van der Waals surface area contributed by atoms with E-state index in [2.05, 4.69) is 91.9 Å². The minimum Gasteiger partial charge on any atom is -0.383 e. The molecule has 0 unspecified atom stereocenters. The van der Waals surface area contributed by atoms with Crippen LogP contribution in [0.3, 0.4) is 0 Å². The summed E-state index contributed by atoms with van der Waals surface area (Å²) in [6.45, 7) is 6.59. The lowest BCUT2D eigenvalue weighted by atomic mass is 10.0. The van der Waals surface area contributed by atoms with Crippen molar-refractivity contribution in [2.75, 3.05) is 0 Å². The SMILES string of the molecule is CC.Cc1ccc(C(N=C(N)c2ccc(-c3ccccc3)cc2)=NCc2ccc(-c3ccccc3)cc2)cc1. The quantitative estimate of drug-likeness (QED) is 0.181. The molecular formula is C36H35N3. The molecule has 0 spiro atoms. The molecule has 0 fully saturated rings. The summed E-state index contributed by atoms with van der Waals surface area (Å²) >= 11 is 0. The molecule has 0 aliphatic heterocycles. The summed E-state index contributed by atoms with van der Waals surface area (Å²) in [5, 5.41) is 0. The molecule has 0 saturated carbocycles. The van der Waals surface area contributed by atoms with E-state index in [-0.39, 0.29) is 0 Å². The third kappa shape index (κ3) is 7.39. The summed E-state index contributed by atoms with van der Waals surface area (Å²) < 4.78 is 0. The monoisotopic (exact) mass is 509 g/mol. The predicted octanol–water partition coefficient (Wildman–Crippen LogP) is 8.71. The normalized spacial score (nSPS) is 11.5. The van der Waals surface area contributed by atoms with Crippen molar-refractivity contribution < 1.29 is 0 Å². The van der Waals surface area contributed by atoms with Crippen LogP contribution in [0.15, 0.2) is 143 Å². The van der Waals surface area contributed by atoms with Crippen LogP contribution in [-0.2, 0) is 6.54 Å². The summed E-state index contributed by atoms with van der Waals surface area (Å²) in [6, 6.07) is 45.6. The second-order valence-electron chi connectivity index (χ2n) is 9.01. The maximum Gasteiger partial charge on any atom is 0.157 e. The predicted molar refractivity (Wildman–Crippen MR) is 167 cm³/mol. The lowest BCUT2D eigenvalue weighted by Crippen LogP contribution is -2.16. The third-order valence-corrected chi connectivity index (χ3v) is 6.30. The number of aliphatic imine (C=N–C) groups is 2. The molecular weight excluding hydrogens is 474 g/mol. The van der Waals surface area contributed by atoms with Gasteiger partial charge in [0.25, 0.3) is 0 Å². The summed E-state index contributed by atoms with van der Waals surface area (Å²) in [6.07, 6.45) is 0. The third-order valence-electron chi connectivity index (χ3n) is 6.30. The van der Waals surface area contributed by atoms with Gasteiger partial charge in [0, 0.05) is 11.1 Å². The lowest BCUT2D eigenvalue weighted by Gasteiger charge is -2.08. The number of amidine groups is 2. The number of rotatable bonds is 6. The molecule has 194 valence electrons. The van der Waals surface area contributed by atoms with Crippen molar-refractivity contribution in [3.05, 3.63) is 156 Å². The van der Waals surface area contributed by atoms with E-state index in [0.29, 0.717) is 18.2 Å². The molecule has 0 aromatic heterocycles. The minimum absolute atomic E-state index is 0.443. The summed E-state index contributed by atoms with van der Waals surface area (Å²) in [5.74, 6) is 1.06. The van der Waals surface area contributed by atoms with Crippen LogP contribution in [0.4, 0.5) is 0 Å². The molecule has 5 rings (SSSR count). The molecule has 0 atom stereocenters. The average Bonchev–Trinajstić information content (AvgIpc) is 3.02. The van der Waals surface area contributed by atoms with Crippen molar-refractivity contribution in [1.29, 1.82) is 0 Å². The van der Waals surface area contributed by atoms with Gasteiger partial charge in [0.15, 0.2) is 5.84 Å². The topological polar surface area (TPSA) is 50.7 Å². The van der Waals surface area contributed by atoms with E-state index in [0.717, 1.165) is 22.3 Å². The first kappa shape index (κ1) is 27.3. The number of benzene rings is 5. The minimum atomic E-state index is 0.443. The Kier molecular flexibility index (Phi) is 9.57. The van der Waals surface area contributed by atoms with E-state index in [1.54, 1.807) is 0 Å². The van der Waals surface area contributed by atoms with Crippen LogP contribution in [0.2, 0.25) is 0 Å². The number of hydrogen-bond donors (Lipinski definition) is 1. The van der Waals surface area contributed by atoms with Crippen LogP contribution in [0.1, 0.15) is 36.1 Å². The summed E-state index contributed by atoms with van der Waals surface area (Å²) in [4.78, 5) is 9.65. The molecule has 0 amide bonds.